The molecule has 21 heavy (non-hydrogen) atoms. The van der Waals surface area contributed by atoms with E-state index in [-0.39, 0.29) is 11.5 Å². The lowest BCUT2D eigenvalue weighted by Gasteiger charge is -2.13. The minimum absolute atomic E-state index is 0.0475. The van der Waals surface area contributed by atoms with E-state index in [1.165, 1.54) is 6.92 Å². The van der Waals surface area contributed by atoms with E-state index in [4.69, 9.17) is 5.73 Å². The Morgan fingerprint density at radius 3 is 2.57 bits per heavy atom. The molecule has 0 aliphatic heterocycles. The van der Waals surface area contributed by atoms with Crippen molar-refractivity contribution in [2.75, 3.05) is 28.8 Å². The second-order valence-corrected chi connectivity index (χ2v) is 9.06. The summed E-state index contributed by atoms with van der Waals surface area (Å²) < 4.78 is 34.0. The smallest absolute Gasteiger partial charge is 0.239 e. The van der Waals surface area contributed by atoms with Gasteiger partial charge >= 0.3 is 0 Å². The number of carbonyl (C=O) groups excluding carboxylic acids is 1. The molecular formula is C13H20N2O4S2. The van der Waals surface area contributed by atoms with Gasteiger partial charge in [0.25, 0.3) is 0 Å². The van der Waals surface area contributed by atoms with E-state index < -0.39 is 31.8 Å². The first-order valence-electron chi connectivity index (χ1n) is 6.32. The van der Waals surface area contributed by atoms with Crippen LogP contribution >= 0.6 is 0 Å². The highest BCUT2D eigenvalue weighted by Gasteiger charge is 2.21. The summed E-state index contributed by atoms with van der Waals surface area (Å²) in [5.74, 6) is -0.651. The van der Waals surface area contributed by atoms with Crippen molar-refractivity contribution in [3.63, 3.8) is 0 Å². The molecule has 0 aromatic heterocycles. The Labute approximate surface area is 127 Å². The highest BCUT2D eigenvalue weighted by atomic mass is 32.2. The SMILES string of the molecule is Cc1cc(N)ccc1NC(=O)C(C)S(=O)CCS(C)(=O)=O. The zero-order valence-corrected chi connectivity index (χ0v) is 13.9. The van der Waals surface area contributed by atoms with Crippen LogP contribution in [0, 0.1) is 6.92 Å². The fourth-order valence-electron chi connectivity index (χ4n) is 1.59. The normalized spacial score (nSPS) is 14.4. The summed E-state index contributed by atoms with van der Waals surface area (Å²) in [7, 11) is -4.73. The van der Waals surface area contributed by atoms with Crippen molar-refractivity contribution in [1.82, 2.24) is 0 Å². The van der Waals surface area contributed by atoms with Crippen LogP contribution in [0.25, 0.3) is 0 Å². The number of amides is 1. The van der Waals surface area contributed by atoms with Gasteiger partial charge in [0.2, 0.25) is 5.91 Å². The zero-order valence-electron chi connectivity index (χ0n) is 12.3. The third-order valence-corrected chi connectivity index (χ3v) is 5.74. The molecule has 1 aromatic carbocycles. The second kappa shape index (κ2) is 7.04. The molecule has 2 unspecified atom stereocenters. The van der Waals surface area contributed by atoms with E-state index in [9.17, 15) is 17.4 Å². The fraction of sp³-hybridized carbons (Fsp3) is 0.462. The molecule has 0 aliphatic carbocycles. The van der Waals surface area contributed by atoms with Crippen LogP contribution in [0.5, 0.6) is 0 Å². The predicted octanol–water partition coefficient (Wildman–Crippen LogP) is 0.698. The lowest BCUT2D eigenvalue weighted by atomic mass is 10.2. The van der Waals surface area contributed by atoms with E-state index in [0.717, 1.165) is 11.8 Å². The van der Waals surface area contributed by atoms with Crippen LogP contribution < -0.4 is 11.1 Å². The van der Waals surface area contributed by atoms with Crippen molar-refractivity contribution in [2.45, 2.75) is 19.1 Å². The van der Waals surface area contributed by atoms with Crippen LogP contribution in [-0.4, -0.2) is 41.5 Å². The molecule has 0 heterocycles. The maximum atomic E-state index is 12.0. The van der Waals surface area contributed by atoms with Gasteiger partial charge in [-0.25, -0.2) is 8.42 Å². The van der Waals surface area contributed by atoms with Gasteiger partial charge in [-0.05, 0) is 37.6 Å². The van der Waals surface area contributed by atoms with Crippen molar-refractivity contribution in [2.24, 2.45) is 0 Å². The number of aryl methyl sites for hydroxylation is 1. The van der Waals surface area contributed by atoms with E-state index in [1.54, 1.807) is 25.1 Å². The molecule has 2 atom stereocenters. The third kappa shape index (κ3) is 5.84. The summed E-state index contributed by atoms with van der Waals surface area (Å²) in [6.45, 7) is 3.32. The Kier molecular flexibility index (Phi) is 5.91. The van der Waals surface area contributed by atoms with Gasteiger partial charge in [-0.1, -0.05) is 0 Å². The van der Waals surface area contributed by atoms with Crippen LogP contribution in [0.4, 0.5) is 11.4 Å². The Balaban J connectivity index is 2.68. The lowest BCUT2D eigenvalue weighted by Crippen LogP contribution is -2.32. The Morgan fingerprint density at radius 1 is 1.43 bits per heavy atom. The van der Waals surface area contributed by atoms with Crippen LogP contribution in [-0.2, 0) is 25.4 Å². The molecule has 0 bridgehead atoms. The van der Waals surface area contributed by atoms with E-state index in [1.807, 2.05) is 0 Å². The number of carbonyl (C=O) groups is 1. The maximum absolute atomic E-state index is 12.0. The number of hydrogen-bond acceptors (Lipinski definition) is 5. The largest absolute Gasteiger partial charge is 0.399 e. The molecule has 1 rings (SSSR count). The number of rotatable bonds is 6. The lowest BCUT2D eigenvalue weighted by molar-refractivity contribution is -0.115. The van der Waals surface area contributed by atoms with Crippen molar-refractivity contribution in [1.29, 1.82) is 0 Å². The van der Waals surface area contributed by atoms with Gasteiger partial charge in [-0.2, -0.15) is 0 Å². The summed E-state index contributed by atoms with van der Waals surface area (Å²) in [5.41, 5.74) is 7.62. The van der Waals surface area contributed by atoms with Crippen molar-refractivity contribution in [3.05, 3.63) is 23.8 Å². The monoisotopic (exact) mass is 332 g/mol. The number of nitrogens with one attached hydrogen (secondary N) is 1. The summed E-state index contributed by atoms with van der Waals surface area (Å²) in [6, 6.07) is 5.06. The molecule has 1 amide bonds. The molecule has 0 spiro atoms. The molecule has 0 fully saturated rings. The number of benzene rings is 1. The molecule has 6 nitrogen and oxygen atoms in total. The second-order valence-electron chi connectivity index (χ2n) is 4.92. The van der Waals surface area contributed by atoms with Crippen molar-refractivity contribution in [3.8, 4) is 0 Å². The van der Waals surface area contributed by atoms with Gasteiger partial charge in [0.15, 0.2) is 0 Å². The molecule has 3 N–H and O–H groups in total. The highest BCUT2D eigenvalue weighted by Crippen LogP contribution is 2.18. The third-order valence-electron chi connectivity index (χ3n) is 2.93. The van der Waals surface area contributed by atoms with Gasteiger partial charge in [0.05, 0.1) is 5.75 Å². The average molecular weight is 332 g/mol. The predicted molar refractivity (Wildman–Crippen MR) is 86.4 cm³/mol. The summed E-state index contributed by atoms with van der Waals surface area (Å²) in [4.78, 5) is 12.0. The van der Waals surface area contributed by atoms with E-state index in [2.05, 4.69) is 5.32 Å². The van der Waals surface area contributed by atoms with Crippen LogP contribution in [0.1, 0.15) is 12.5 Å². The quantitative estimate of drug-likeness (QED) is 0.746. The zero-order chi connectivity index (χ0) is 16.2. The molecule has 0 saturated carbocycles. The first kappa shape index (κ1) is 17.6. The molecule has 0 aliphatic rings. The Bertz CT molecular complexity index is 656. The van der Waals surface area contributed by atoms with Gasteiger partial charge < -0.3 is 11.1 Å². The number of hydrogen-bond donors (Lipinski definition) is 2. The minimum atomic E-state index is -3.19. The number of nitrogen functional groups attached to an aromatic ring is 1. The van der Waals surface area contributed by atoms with E-state index in [0.29, 0.717) is 11.4 Å². The van der Waals surface area contributed by atoms with Gasteiger partial charge in [0, 0.05) is 34.2 Å². The molecule has 118 valence electrons. The van der Waals surface area contributed by atoms with Crippen LogP contribution in [0.15, 0.2) is 18.2 Å². The topological polar surface area (TPSA) is 106 Å². The maximum Gasteiger partial charge on any atom is 0.239 e. The summed E-state index contributed by atoms with van der Waals surface area (Å²) in [6.07, 6.45) is 1.08. The molecule has 0 radical (unpaired) electrons. The molecule has 8 heteroatoms. The van der Waals surface area contributed by atoms with Crippen LogP contribution in [0.2, 0.25) is 0 Å². The molecular weight excluding hydrogens is 312 g/mol. The average Bonchev–Trinajstić information content (AvgIpc) is 2.37. The molecule has 1 aromatic rings. The number of anilines is 2. The highest BCUT2D eigenvalue weighted by molar-refractivity contribution is 7.92. The standard InChI is InChI=1S/C13H20N2O4S2/c1-9-8-11(14)4-5-12(9)15-13(16)10(2)20(17)6-7-21(3,18)19/h4-5,8,10H,6-7,14H2,1-3H3,(H,15,16). The molecule has 0 saturated heterocycles. The number of sulfone groups is 1. The first-order valence-corrected chi connectivity index (χ1v) is 9.76. The number of nitrogens with two attached hydrogens (primary N) is 1. The van der Waals surface area contributed by atoms with Crippen molar-refractivity contribution < 1.29 is 17.4 Å². The summed E-state index contributed by atoms with van der Waals surface area (Å²) >= 11 is 0. The van der Waals surface area contributed by atoms with E-state index >= 15 is 0 Å². The summed E-state index contributed by atoms with van der Waals surface area (Å²) in [5, 5.41) is 1.89. The fourth-order valence-corrected chi connectivity index (χ4v) is 4.11. The van der Waals surface area contributed by atoms with Crippen LogP contribution in [0.3, 0.4) is 0 Å². The minimum Gasteiger partial charge on any atom is -0.399 e. The first-order chi connectivity index (χ1) is 9.60. The van der Waals surface area contributed by atoms with Gasteiger partial charge in [-0.15, -0.1) is 0 Å². The Hall–Kier alpha value is -1.41. The Morgan fingerprint density at radius 2 is 2.05 bits per heavy atom. The van der Waals surface area contributed by atoms with Crippen molar-refractivity contribution >= 4 is 37.9 Å². The van der Waals surface area contributed by atoms with Gasteiger partial charge in [-0.3, -0.25) is 9.00 Å². The van der Waals surface area contributed by atoms with Gasteiger partial charge in [0.1, 0.15) is 15.1 Å².